The fraction of sp³-hybridized carbons (Fsp3) is 0.360. The van der Waals surface area contributed by atoms with Gasteiger partial charge in [0.2, 0.25) is 0 Å². The van der Waals surface area contributed by atoms with Crippen LogP contribution >= 0.6 is 0 Å². The Balaban J connectivity index is 1.48. The van der Waals surface area contributed by atoms with Crippen LogP contribution in [0.4, 0.5) is 0 Å². The molecule has 2 bridgehead atoms. The maximum absolute atomic E-state index is 9.85. The maximum atomic E-state index is 9.85. The summed E-state index contributed by atoms with van der Waals surface area (Å²) in [5, 5.41) is 12.0. The molecule has 0 radical (unpaired) electrons. The van der Waals surface area contributed by atoms with Gasteiger partial charge in [-0.05, 0) is 74.4 Å². The van der Waals surface area contributed by atoms with Crippen LogP contribution in [0, 0.1) is 17.2 Å². The molecule has 4 aromatic heterocycles. The van der Waals surface area contributed by atoms with E-state index in [-0.39, 0.29) is 0 Å². The molecule has 2 unspecified atom stereocenters. The first-order chi connectivity index (χ1) is 15.2. The molecule has 154 valence electrons. The first-order valence-corrected chi connectivity index (χ1v) is 11.0. The molecule has 1 N–H and O–H groups in total. The molecule has 0 aliphatic carbocycles. The van der Waals surface area contributed by atoms with E-state index in [1.54, 1.807) is 18.6 Å². The number of nitrogens with zero attached hydrogens (tertiary/aromatic N) is 5. The third kappa shape index (κ3) is 3.00. The van der Waals surface area contributed by atoms with E-state index in [1.807, 2.05) is 18.3 Å². The Morgan fingerprint density at radius 1 is 1.10 bits per heavy atom. The predicted octanol–water partition coefficient (Wildman–Crippen LogP) is 4.46. The summed E-state index contributed by atoms with van der Waals surface area (Å²) in [6, 6.07) is 9.90. The highest BCUT2D eigenvalue weighted by Gasteiger charge is 2.38. The Bertz CT molecular complexity index is 1300. The number of hydrogen-bond donors (Lipinski definition) is 1. The second-order valence-electron chi connectivity index (χ2n) is 9.06. The number of aromatic amines is 1. The van der Waals surface area contributed by atoms with Crippen molar-refractivity contribution in [2.24, 2.45) is 5.92 Å². The second-order valence-corrected chi connectivity index (χ2v) is 9.06. The number of H-pyrrole nitrogens is 1. The standard InChI is InChI=1S/C25H24N6/c1-31-18-2-3-19(31)9-15(8-18)10-20-22(12-26)28-14-23-24(20)21-11-17(13-29-25(21)30-23)16-4-6-27-7-5-16/h4-7,11,13-15,18-19H,2-3,8-10H2,1H3,(H,29,30). The predicted molar refractivity (Wildman–Crippen MR) is 120 cm³/mol. The van der Waals surface area contributed by atoms with Gasteiger partial charge in [-0.15, -0.1) is 0 Å². The Labute approximate surface area is 181 Å². The van der Waals surface area contributed by atoms with Crippen molar-refractivity contribution >= 4 is 21.9 Å². The lowest BCUT2D eigenvalue weighted by Gasteiger charge is -2.36. The minimum atomic E-state index is 0.550. The molecule has 4 aromatic rings. The molecular weight excluding hydrogens is 384 g/mol. The van der Waals surface area contributed by atoms with E-state index < -0.39 is 0 Å². The number of fused-ring (bicyclic) bond motifs is 5. The Morgan fingerprint density at radius 2 is 1.87 bits per heavy atom. The average Bonchev–Trinajstić information content (AvgIpc) is 3.26. The molecule has 0 aromatic carbocycles. The molecule has 2 atom stereocenters. The normalized spacial score (nSPS) is 23.4. The lowest BCUT2D eigenvalue weighted by molar-refractivity contribution is 0.134. The molecule has 0 saturated carbocycles. The Kier molecular flexibility index (Phi) is 4.25. The lowest BCUT2D eigenvalue weighted by Crippen LogP contribution is -2.40. The van der Waals surface area contributed by atoms with E-state index in [1.165, 1.54) is 25.7 Å². The summed E-state index contributed by atoms with van der Waals surface area (Å²) in [5.74, 6) is 0.592. The van der Waals surface area contributed by atoms with E-state index in [0.29, 0.717) is 23.7 Å². The van der Waals surface area contributed by atoms with Crippen LogP contribution < -0.4 is 0 Å². The quantitative estimate of drug-likeness (QED) is 0.541. The molecule has 2 fully saturated rings. The zero-order valence-electron chi connectivity index (χ0n) is 17.5. The number of pyridine rings is 3. The minimum absolute atomic E-state index is 0.550. The molecule has 31 heavy (non-hydrogen) atoms. The van der Waals surface area contributed by atoms with Gasteiger partial charge < -0.3 is 9.88 Å². The highest BCUT2D eigenvalue weighted by atomic mass is 15.2. The van der Waals surface area contributed by atoms with Crippen LogP contribution in [0.5, 0.6) is 0 Å². The van der Waals surface area contributed by atoms with Gasteiger partial charge in [0.25, 0.3) is 0 Å². The highest BCUT2D eigenvalue weighted by Crippen LogP contribution is 2.40. The largest absolute Gasteiger partial charge is 0.338 e. The summed E-state index contributed by atoms with van der Waals surface area (Å²) in [7, 11) is 2.27. The van der Waals surface area contributed by atoms with Gasteiger partial charge >= 0.3 is 0 Å². The summed E-state index contributed by atoms with van der Waals surface area (Å²) < 4.78 is 0. The molecule has 6 heterocycles. The van der Waals surface area contributed by atoms with Gasteiger partial charge in [-0.3, -0.25) is 4.98 Å². The monoisotopic (exact) mass is 408 g/mol. The lowest BCUT2D eigenvalue weighted by atomic mass is 9.84. The summed E-state index contributed by atoms with van der Waals surface area (Å²) in [5.41, 5.74) is 5.56. The van der Waals surface area contributed by atoms with Crippen molar-refractivity contribution in [3.8, 4) is 17.2 Å². The van der Waals surface area contributed by atoms with Crippen molar-refractivity contribution in [2.75, 3.05) is 7.05 Å². The maximum Gasteiger partial charge on any atom is 0.144 e. The van der Waals surface area contributed by atoms with Gasteiger partial charge in [-0.1, -0.05) is 0 Å². The smallest absolute Gasteiger partial charge is 0.144 e. The van der Waals surface area contributed by atoms with Gasteiger partial charge in [-0.25, -0.2) is 9.97 Å². The highest BCUT2D eigenvalue weighted by molar-refractivity contribution is 6.09. The van der Waals surface area contributed by atoms with Crippen LogP contribution in [0.2, 0.25) is 0 Å². The van der Waals surface area contributed by atoms with E-state index in [9.17, 15) is 5.26 Å². The zero-order chi connectivity index (χ0) is 20.9. The molecule has 6 rings (SSSR count). The SMILES string of the molecule is CN1C2CCC1CC(Cc1c(C#N)ncc3[nH]c4ncc(-c5ccncc5)cc4c13)C2. The molecule has 0 amide bonds. The molecule has 6 heteroatoms. The van der Waals surface area contributed by atoms with Crippen LogP contribution in [-0.2, 0) is 6.42 Å². The summed E-state index contributed by atoms with van der Waals surface area (Å²) >= 11 is 0. The van der Waals surface area contributed by atoms with Crippen LogP contribution in [0.3, 0.4) is 0 Å². The van der Waals surface area contributed by atoms with Gasteiger partial charge in [-0.2, -0.15) is 5.26 Å². The van der Waals surface area contributed by atoms with Crippen LogP contribution in [-0.4, -0.2) is 44.0 Å². The van der Waals surface area contributed by atoms with E-state index >= 15 is 0 Å². The average molecular weight is 409 g/mol. The second kappa shape index (κ2) is 7.14. The van der Waals surface area contributed by atoms with Crippen molar-refractivity contribution in [3.05, 3.63) is 54.2 Å². The first kappa shape index (κ1) is 18.5. The third-order valence-electron chi connectivity index (χ3n) is 7.40. The van der Waals surface area contributed by atoms with Crippen molar-refractivity contribution in [3.63, 3.8) is 0 Å². The number of nitriles is 1. The van der Waals surface area contributed by atoms with Crippen molar-refractivity contribution in [1.82, 2.24) is 24.8 Å². The molecule has 6 nitrogen and oxygen atoms in total. The summed E-state index contributed by atoms with van der Waals surface area (Å²) in [4.78, 5) is 19.3. The number of aromatic nitrogens is 4. The first-order valence-electron chi connectivity index (χ1n) is 11.0. The molecule has 2 aliphatic heterocycles. The van der Waals surface area contributed by atoms with Gasteiger partial charge in [0.15, 0.2) is 0 Å². The van der Waals surface area contributed by atoms with E-state index in [4.69, 9.17) is 0 Å². The van der Waals surface area contributed by atoms with Crippen molar-refractivity contribution < 1.29 is 0 Å². The van der Waals surface area contributed by atoms with Gasteiger partial charge in [0, 0.05) is 47.0 Å². The summed E-state index contributed by atoms with van der Waals surface area (Å²) in [6.45, 7) is 0. The van der Waals surface area contributed by atoms with Crippen LogP contribution in [0.15, 0.2) is 43.0 Å². The molecule has 2 saturated heterocycles. The number of hydrogen-bond acceptors (Lipinski definition) is 5. The minimum Gasteiger partial charge on any atom is -0.338 e. The zero-order valence-corrected chi connectivity index (χ0v) is 17.5. The number of nitrogens with one attached hydrogen (secondary N) is 1. The van der Waals surface area contributed by atoms with Gasteiger partial charge in [0.1, 0.15) is 17.4 Å². The third-order valence-corrected chi connectivity index (χ3v) is 7.40. The van der Waals surface area contributed by atoms with E-state index in [2.05, 4.69) is 44.0 Å². The fourth-order valence-corrected chi connectivity index (χ4v) is 5.81. The number of piperidine rings is 1. The van der Waals surface area contributed by atoms with Crippen molar-refractivity contribution in [2.45, 2.75) is 44.2 Å². The topological polar surface area (TPSA) is 81.5 Å². The molecular formula is C25H24N6. The fourth-order valence-electron chi connectivity index (χ4n) is 5.81. The van der Waals surface area contributed by atoms with Crippen LogP contribution in [0.25, 0.3) is 33.1 Å². The Hall–Kier alpha value is -3.30. The van der Waals surface area contributed by atoms with Crippen LogP contribution in [0.1, 0.15) is 36.9 Å². The molecule has 0 spiro atoms. The molecule has 2 aliphatic rings. The number of rotatable bonds is 3. The van der Waals surface area contributed by atoms with Crippen molar-refractivity contribution in [1.29, 1.82) is 5.26 Å². The van der Waals surface area contributed by atoms with E-state index in [0.717, 1.165) is 45.0 Å². The van der Waals surface area contributed by atoms with Gasteiger partial charge in [0.05, 0.1) is 11.7 Å². The Morgan fingerprint density at radius 3 is 2.61 bits per heavy atom. The summed E-state index contributed by atoms with van der Waals surface area (Å²) in [6.07, 6.45) is 13.2.